The van der Waals surface area contributed by atoms with Crippen molar-refractivity contribution in [1.82, 2.24) is 0 Å². The molecular weight excluding hydrogens is 306 g/mol. The second kappa shape index (κ2) is 7.81. The van der Waals surface area contributed by atoms with Gasteiger partial charge in [0.1, 0.15) is 0 Å². The van der Waals surface area contributed by atoms with E-state index in [1.54, 1.807) is 0 Å². The predicted octanol–water partition coefficient (Wildman–Crippen LogP) is 5.41. The normalized spacial score (nSPS) is 18.2. The Bertz CT molecular complexity index is 591. The summed E-state index contributed by atoms with van der Waals surface area (Å²) in [6.45, 7) is 4.80. The van der Waals surface area contributed by atoms with E-state index >= 15 is 0 Å². The highest BCUT2D eigenvalue weighted by Crippen LogP contribution is 2.26. The summed E-state index contributed by atoms with van der Waals surface area (Å²) < 4.78 is 0. The van der Waals surface area contributed by atoms with Gasteiger partial charge < -0.3 is 15.1 Å². The van der Waals surface area contributed by atoms with Gasteiger partial charge in [0.2, 0.25) is 0 Å². The molecule has 132 valence electrons. The van der Waals surface area contributed by atoms with Crippen molar-refractivity contribution in [3.8, 4) is 0 Å². The molecule has 2 aromatic rings. The Morgan fingerprint density at radius 3 is 1.20 bits per heavy atom. The smallest absolute Gasteiger partial charge is 0.0385 e. The fourth-order valence-electron chi connectivity index (χ4n) is 3.98. The van der Waals surface area contributed by atoms with E-state index in [1.807, 2.05) is 0 Å². The fraction of sp³-hybridized carbons (Fsp3) is 0.455. The zero-order chi connectivity index (χ0) is 16.9. The Hall–Kier alpha value is -2.16. The van der Waals surface area contributed by atoms with E-state index in [0.29, 0.717) is 0 Å². The first-order valence-corrected chi connectivity index (χ1v) is 9.85. The summed E-state index contributed by atoms with van der Waals surface area (Å²) in [5.74, 6) is 0. The van der Waals surface area contributed by atoms with E-state index in [1.165, 1.54) is 76.1 Å². The first-order chi connectivity index (χ1) is 12.4. The van der Waals surface area contributed by atoms with Crippen LogP contribution >= 0.6 is 0 Å². The molecule has 2 aromatic carbocycles. The summed E-state index contributed by atoms with van der Waals surface area (Å²) in [7, 11) is 0. The van der Waals surface area contributed by atoms with Crippen molar-refractivity contribution in [3.63, 3.8) is 0 Å². The van der Waals surface area contributed by atoms with E-state index in [4.69, 9.17) is 0 Å². The molecule has 4 rings (SSSR count). The van der Waals surface area contributed by atoms with Crippen LogP contribution in [0.3, 0.4) is 0 Å². The molecule has 0 aromatic heterocycles. The Labute approximate surface area is 151 Å². The lowest BCUT2D eigenvalue weighted by Gasteiger charge is -2.29. The largest absolute Gasteiger partial charge is 0.372 e. The molecule has 3 nitrogen and oxygen atoms in total. The van der Waals surface area contributed by atoms with Crippen LogP contribution in [0.2, 0.25) is 0 Å². The summed E-state index contributed by atoms with van der Waals surface area (Å²) in [6.07, 6.45) is 8.05. The number of anilines is 4. The lowest BCUT2D eigenvalue weighted by atomic mass is 10.1. The van der Waals surface area contributed by atoms with Gasteiger partial charge in [0.15, 0.2) is 0 Å². The standard InChI is InChI=1S/C22H29N3/c1-3-15-24(16-4-1)21-11-7-19(8-12-21)23-20-9-13-22(14-10-20)25-17-5-2-6-18-25/h7-14,23H,1-6,15-18H2. The highest BCUT2D eigenvalue weighted by Gasteiger charge is 2.11. The summed E-state index contributed by atoms with van der Waals surface area (Å²) in [4.78, 5) is 5.00. The predicted molar refractivity (Wildman–Crippen MR) is 108 cm³/mol. The molecule has 2 saturated heterocycles. The number of hydrogen-bond donors (Lipinski definition) is 1. The molecule has 0 saturated carbocycles. The number of rotatable bonds is 4. The molecule has 0 radical (unpaired) electrons. The summed E-state index contributed by atoms with van der Waals surface area (Å²) in [5, 5.41) is 3.53. The van der Waals surface area contributed by atoms with Gasteiger partial charge in [0.05, 0.1) is 0 Å². The lowest BCUT2D eigenvalue weighted by molar-refractivity contribution is 0.578. The van der Waals surface area contributed by atoms with Gasteiger partial charge in [-0.1, -0.05) is 0 Å². The van der Waals surface area contributed by atoms with Gasteiger partial charge >= 0.3 is 0 Å². The van der Waals surface area contributed by atoms with Crippen LogP contribution < -0.4 is 15.1 Å². The molecule has 1 N–H and O–H groups in total. The van der Waals surface area contributed by atoms with Gasteiger partial charge in [0, 0.05) is 48.9 Å². The van der Waals surface area contributed by atoms with E-state index in [0.717, 1.165) is 11.4 Å². The third kappa shape index (κ3) is 4.09. The molecule has 3 heteroatoms. The monoisotopic (exact) mass is 335 g/mol. The van der Waals surface area contributed by atoms with Crippen LogP contribution in [-0.2, 0) is 0 Å². The molecule has 0 bridgehead atoms. The minimum atomic E-state index is 1.16. The van der Waals surface area contributed by atoms with Crippen molar-refractivity contribution in [3.05, 3.63) is 48.5 Å². The topological polar surface area (TPSA) is 18.5 Å². The molecule has 2 heterocycles. The SMILES string of the molecule is c1cc(N2CCCCC2)ccc1Nc1ccc(N2CCCCC2)cc1. The molecule has 25 heavy (non-hydrogen) atoms. The Balaban J connectivity index is 1.38. The average Bonchev–Trinajstić information content (AvgIpc) is 2.71. The second-order valence-electron chi connectivity index (χ2n) is 7.31. The van der Waals surface area contributed by atoms with Gasteiger partial charge in [-0.15, -0.1) is 0 Å². The third-order valence-corrected chi connectivity index (χ3v) is 5.47. The zero-order valence-electron chi connectivity index (χ0n) is 15.1. The van der Waals surface area contributed by atoms with Crippen LogP contribution in [-0.4, -0.2) is 26.2 Å². The first-order valence-electron chi connectivity index (χ1n) is 9.85. The molecule has 0 amide bonds. The van der Waals surface area contributed by atoms with Crippen molar-refractivity contribution in [2.24, 2.45) is 0 Å². The maximum Gasteiger partial charge on any atom is 0.0385 e. The number of piperidine rings is 2. The summed E-state index contributed by atoms with van der Waals surface area (Å²) >= 11 is 0. The van der Waals surface area contributed by atoms with Crippen molar-refractivity contribution in [2.45, 2.75) is 38.5 Å². The molecule has 0 aliphatic carbocycles. The Kier molecular flexibility index (Phi) is 5.10. The molecule has 0 spiro atoms. The van der Waals surface area contributed by atoms with Crippen LogP contribution in [0.4, 0.5) is 22.7 Å². The number of hydrogen-bond acceptors (Lipinski definition) is 3. The molecule has 0 unspecified atom stereocenters. The number of nitrogens with one attached hydrogen (secondary N) is 1. The summed E-state index contributed by atoms with van der Waals surface area (Å²) in [6, 6.07) is 17.8. The van der Waals surface area contributed by atoms with Crippen LogP contribution in [0, 0.1) is 0 Å². The third-order valence-electron chi connectivity index (χ3n) is 5.47. The van der Waals surface area contributed by atoms with Crippen LogP contribution in [0.15, 0.2) is 48.5 Å². The van der Waals surface area contributed by atoms with E-state index in [2.05, 4.69) is 63.6 Å². The van der Waals surface area contributed by atoms with Gasteiger partial charge in [-0.05, 0) is 87.1 Å². The van der Waals surface area contributed by atoms with Crippen LogP contribution in [0.25, 0.3) is 0 Å². The maximum atomic E-state index is 3.53. The minimum absolute atomic E-state index is 1.16. The number of benzene rings is 2. The zero-order valence-corrected chi connectivity index (χ0v) is 15.1. The van der Waals surface area contributed by atoms with Gasteiger partial charge in [0.25, 0.3) is 0 Å². The maximum absolute atomic E-state index is 3.53. The van der Waals surface area contributed by atoms with Crippen LogP contribution in [0.5, 0.6) is 0 Å². The van der Waals surface area contributed by atoms with Crippen LogP contribution in [0.1, 0.15) is 38.5 Å². The molecule has 2 fully saturated rings. The fourth-order valence-corrected chi connectivity index (χ4v) is 3.98. The number of nitrogens with zero attached hydrogens (tertiary/aromatic N) is 2. The quantitative estimate of drug-likeness (QED) is 0.806. The molecule has 2 aliphatic rings. The van der Waals surface area contributed by atoms with Gasteiger partial charge in [-0.2, -0.15) is 0 Å². The van der Waals surface area contributed by atoms with E-state index < -0.39 is 0 Å². The van der Waals surface area contributed by atoms with Gasteiger partial charge in [-0.25, -0.2) is 0 Å². The van der Waals surface area contributed by atoms with Crippen molar-refractivity contribution in [2.75, 3.05) is 41.3 Å². The van der Waals surface area contributed by atoms with E-state index in [-0.39, 0.29) is 0 Å². The molecular formula is C22H29N3. The molecule has 0 atom stereocenters. The first kappa shape index (κ1) is 16.3. The highest BCUT2D eigenvalue weighted by atomic mass is 15.1. The second-order valence-corrected chi connectivity index (χ2v) is 7.31. The Morgan fingerprint density at radius 2 is 0.840 bits per heavy atom. The highest BCUT2D eigenvalue weighted by molar-refractivity contribution is 5.65. The van der Waals surface area contributed by atoms with E-state index in [9.17, 15) is 0 Å². The lowest BCUT2D eigenvalue weighted by Crippen LogP contribution is -2.29. The Morgan fingerprint density at radius 1 is 0.480 bits per heavy atom. The van der Waals surface area contributed by atoms with Crippen molar-refractivity contribution >= 4 is 22.7 Å². The van der Waals surface area contributed by atoms with Gasteiger partial charge in [-0.3, -0.25) is 0 Å². The summed E-state index contributed by atoms with van der Waals surface area (Å²) in [5.41, 5.74) is 5.02. The molecule has 2 aliphatic heterocycles. The minimum Gasteiger partial charge on any atom is -0.372 e. The van der Waals surface area contributed by atoms with Crippen molar-refractivity contribution < 1.29 is 0 Å². The van der Waals surface area contributed by atoms with Crippen molar-refractivity contribution in [1.29, 1.82) is 0 Å². The average molecular weight is 335 g/mol.